The molecule has 4 aromatic rings. The zero-order chi connectivity index (χ0) is 35.4. The quantitative estimate of drug-likeness (QED) is 0.144. The van der Waals surface area contributed by atoms with Crippen LogP contribution in [0.5, 0.6) is 0 Å². The van der Waals surface area contributed by atoms with E-state index in [1.807, 2.05) is 6.20 Å². The van der Waals surface area contributed by atoms with E-state index in [1.54, 1.807) is 10.6 Å². The van der Waals surface area contributed by atoms with Crippen LogP contribution in [0.4, 0.5) is 11.5 Å². The number of ether oxygens (including phenoxy) is 2. The number of rotatable bonds is 13. The number of benzene rings is 1. The van der Waals surface area contributed by atoms with Gasteiger partial charge in [-0.2, -0.15) is 4.31 Å². The van der Waals surface area contributed by atoms with Crippen molar-refractivity contribution in [3.05, 3.63) is 66.2 Å². The van der Waals surface area contributed by atoms with Gasteiger partial charge in [0.2, 0.25) is 10.0 Å². The van der Waals surface area contributed by atoms with Crippen LogP contribution in [0.1, 0.15) is 30.5 Å². The molecule has 0 bridgehead atoms. The summed E-state index contributed by atoms with van der Waals surface area (Å²) < 4.78 is 40.9. The molecule has 3 aromatic heterocycles. The van der Waals surface area contributed by atoms with Crippen molar-refractivity contribution in [3.63, 3.8) is 0 Å². The molecular weight excluding hydrogens is 681 g/mol. The third kappa shape index (κ3) is 8.80. The van der Waals surface area contributed by atoms with E-state index in [9.17, 15) is 8.42 Å². The number of morpholine rings is 1. The number of pyridine rings is 1. The molecule has 0 amide bonds. The van der Waals surface area contributed by atoms with Crippen LogP contribution in [-0.4, -0.2) is 110 Å². The number of anilines is 2. The monoisotopic (exact) mass is 732 g/mol. The number of nitrogens with one attached hydrogen (secondary N) is 1. The highest BCUT2D eigenvalue weighted by Crippen LogP contribution is 2.33. The molecule has 14 heteroatoms. The largest absolute Gasteiger partial charge is 0.379 e. The number of likely N-dealkylation sites (tertiary alicyclic amines) is 1. The van der Waals surface area contributed by atoms with Crippen LogP contribution in [-0.2, 0) is 39.3 Å². The van der Waals surface area contributed by atoms with E-state index < -0.39 is 18.1 Å². The molecule has 1 aromatic carbocycles. The Hall–Kier alpha value is -3.40. The molecule has 0 radical (unpaired) electrons. The Balaban J connectivity index is 1.03. The summed E-state index contributed by atoms with van der Waals surface area (Å²) in [7, 11) is -4.31. The van der Waals surface area contributed by atoms with E-state index >= 15 is 0 Å². The van der Waals surface area contributed by atoms with Crippen molar-refractivity contribution in [2.24, 2.45) is 0 Å². The van der Waals surface area contributed by atoms with Crippen LogP contribution in [0.3, 0.4) is 0 Å². The predicted octanol–water partition coefficient (Wildman–Crippen LogP) is 5.25. The summed E-state index contributed by atoms with van der Waals surface area (Å²) in [6, 6.07) is 16.1. The van der Waals surface area contributed by atoms with Gasteiger partial charge >= 0.3 is 0 Å². The van der Waals surface area contributed by atoms with Crippen molar-refractivity contribution in [1.29, 1.82) is 0 Å². The summed E-state index contributed by atoms with van der Waals surface area (Å²) in [6.07, 6.45) is 6.24. The van der Waals surface area contributed by atoms with Crippen LogP contribution in [0.2, 0.25) is 25.7 Å². The molecule has 0 unspecified atom stereocenters. The smallest absolute Gasteiger partial charge is 0.214 e. The fraction of sp³-hybridized carbons (Fsp3) is 0.541. The lowest BCUT2D eigenvalue weighted by molar-refractivity contribution is 0.0909. The summed E-state index contributed by atoms with van der Waals surface area (Å²) in [5, 5.41) is 4.58. The van der Waals surface area contributed by atoms with Gasteiger partial charge in [-0.05, 0) is 73.3 Å². The first-order chi connectivity index (χ1) is 24.6. The molecule has 3 fully saturated rings. The zero-order valence-electron chi connectivity index (χ0n) is 30.3. The highest BCUT2D eigenvalue weighted by atomic mass is 32.2. The van der Waals surface area contributed by atoms with Gasteiger partial charge in [0.25, 0.3) is 0 Å². The minimum absolute atomic E-state index is 0.0840. The van der Waals surface area contributed by atoms with E-state index in [0.29, 0.717) is 33.0 Å². The molecule has 3 aliphatic rings. The molecule has 0 aliphatic carbocycles. The van der Waals surface area contributed by atoms with Crippen molar-refractivity contribution in [2.75, 3.05) is 68.5 Å². The molecule has 3 aliphatic heterocycles. The van der Waals surface area contributed by atoms with Crippen molar-refractivity contribution in [3.8, 4) is 11.3 Å². The Bertz CT molecular complexity index is 1890. The maximum atomic E-state index is 12.5. The van der Waals surface area contributed by atoms with Gasteiger partial charge in [0.1, 0.15) is 24.5 Å². The van der Waals surface area contributed by atoms with Crippen molar-refractivity contribution in [1.82, 2.24) is 28.7 Å². The van der Waals surface area contributed by atoms with Gasteiger partial charge in [-0.15, -0.1) is 0 Å². The lowest BCUT2D eigenvalue weighted by Crippen LogP contribution is -2.48. The molecule has 1 N–H and O–H groups in total. The first-order valence-corrected chi connectivity index (χ1v) is 23.7. The highest BCUT2D eigenvalue weighted by Gasteiger charge is 2.36. The van der Waals surface area contributed by atoms with Crippen molar-refractivity contribution < 1.29 is 17.9 Å². The van der Waals surface area contributed by atoms with Crippen LogP contribution in [0.25, 0.3) is 22.3 Å². The SMILES string of the molecule is C[Si](C)(C)CCOCn1c(-c2ccc(NCc3cc(CN4CCC[C@@H](N5CCCS5(=O)=O)C4)ccn3)cc2)cc2c(N3CCOCC3)ncnc21. The van der Waals surface area contributed by atoms with Gasteiger partial charge in [0.15, 0.2) is 0 Å². The van der Waals surface area contributed by atoms with Crippen molar-refractivity contribution in [2.45, 2.75) is 70.8 Å². The number of fused-ring (bicyclic) bond motifs is 1. The number of hydrogen-bond acceptors (Lipinski definition) is 10. The fourth-order valence-corrected chi connectivity index (χ4v) is 9.91. The second-order valence-electron chi connectivity index (χ2n) is 15.2. The average Bonchev–Trinajstić information content (AvgIpc) is 3.68. The number of sulfonamides is 1. The molecule has 51 heavy (non-hydrogen) atoms. The second kappa shape index (κ2) is 15.7. The summed E-state index contributed by atoms with van der Waals surface area (Å²) >= 11 is 0. The Labute approximate surface area is 303 Å². The molecule has 274 valence electrons. The third-order valence-electron chi connectivity index (χ3n) is 10.2. The normalized spacial score (nSPS) is 20.3. The van der Waals surface area contributed by atoms with E-state index in [0.717, 1.165) is 104 Å². The molecule has 0 saturated carbocycles. The van der Waals surface area contributed by atoms with Gasteiger partial charge in [0, 0.05) is 65.3 Å². The lowest BCUT2D eigenvalue weighted by atomic mass is 10.0. The summed E-state index contributed by atoms with van der Waals surface area (Å²) in [4.78, 5) is 18.8. The number of piperidine rings is 1. The van der Waals surface area contributed by atoms with Gasteiger partial charge < -0.3 is 24.3 Å². The fourth-order valence-electron chi connectivity index (χ4n) is 7.39. The summed E-state index contributed by atoms with van der Waals surface area (Å²) in [6.45, 7) is 15.1. The van der Waals surface area contributed by atoms with Crippen LogP contribution < -0.4 is 10.2 Å². The molecular formula is C37H52N8O4SSi. The number of hydrogen-bond donors (Lipinski definition) is 1. The van der Waals surface area contributed by atoms with Crippen molar-refractivity contribution >= 4 is 40.6 Å². The molecule has 12 nitrogen and oxygen atoms in total. The third-order valence-corrected chi connectivity index (χ3v) is 13.9. The van der Waals surface area contributed by atoms with Gasteiger partial charge in [0.05, 0.1) is 42.3 Å². The topological polar surface area (TPSA) is 118 Å². The van der Waals surface area contributed by atoms with E-state index in [-0.39, 0.29) is 11.8 Å². The molecule has 0 spiro atoms. The zero-order valence-corrected chi connectivity index (χ0v) is 32.1. The first-order valence-electron chi connectivity index (χ1n) is 18.4. The minimum Gasteiger partial charge on any atom is -0.379 e. The first kappa shape index (κ1) is 36.0. The van der Waals surface area contributed by atoms with E-state index in [4.69, 9.17) is 19.4 Å². The van der Waals surface area contributed by atoms with Gasteiger partial charge in [-0.3, -0.25) is 9.88 Å². The Morgan fingerprint density at radius 1 is 0.980 bits per heavy atom. The van der Waals surface area contributed by atoms with Crippen LogP contribution in [0.15, 0.2) is 55.0 Å². The molecule has 3 saturated heterocycles. The summed E-state index contributed by atoms with van der Waals surface area (Å²) in [5.41, 5.74) is 6.19. The lowest BCUT2D eigenvalue weighted by Gasteiger charge is -2.36. The Morgan fingerprint density at radius 3 is 2.57 bits per heavy atom. The Morgan fingerprint density at radius 2 is 1.80 bits per heavy atom. The van der Waals surface area contributed by atoms with E-state index in [2.05, 4.69) is 86.8 Å². The summed E-state index contributed by atoms with van der Waals surface area (Å²) in [5.74, 6) is 1.23. The minimum atomic E-state index is -3.09. The highest BCUT2D eigenvalue weighted by molar-refractivity contribution is 7.89. The average molecular weight is 733 g/mol. The molecule has 7 rings (SSSR count). The number of aromatic nitrogens is 4. The molecule has 1 atom stereocenters. The van der Waals surface area contributed by atoms with Crippen LogP contribution in [0, 0.1) is 0 Å². The van der Waals surface area contributed by atoms with Gasteiger partial charge in [-0.1, -0.05) is 31.8 Å². The maximum absolute atomic E-state index is 12.5. The molecule has 6 heterocycles. The number of nitrogens with zero attached hydrogens (tertiary/aromatic N) is 7. The maximum Gasteiger partial charge on any atom is 0.214 e. The van der Waals surface area contributed by atoms with E-state index in [1.165, 1.54) is 5.56 Å². The van der Waals surface area contributed by atoms with Crippen LogP contribution >= 0.6 is 0 Å². The Kier molecular flexibility index (Phi) is 11.1. The standard InChI is InChI=1S/C37H52N8O4SSi/c1-51(2,3)21-19-49-28-44-35(23-34-36(40-27-41-37(34)44)43-15-17-48-18-16-43)30-7-9-31(10-8-30)39-24-32-22-29(11-12-38-32)25-42-13-4-6-33(26-42)45-14-5-20-50(45,46)47/h7-12,22-23,27,33,39H,4-6,13-21,24-26,28H2,1-3H3/t33-/m1/s1. The second-order valence-corrected chi connectivity index (χ2v) is 22.9. The van der Waals surface area contributed by atoms with Gasteiger partial charge in [-0.25, -0.2) is 18.4 Å². The predicted molar refractivity (Wildman–Crippen MR) is 205 cm³/mol.